The third-order valence-electron chi connectivity index (χ3n) is 3.04. The van der Waals surface area contributed by atoms with Crippen LogP contribution in [0.5, 0.6) is 0 Å². The number of non-ortho nitro benzene ring substituents is 1. The van der Waals surface area contributed by atoms with Crippen LogP contribution in [0.2, 0.25) is 0 Å². The van der Waals surface area contributed by atoms with Crippen LogP contribution >= 0.6 is 11.3 Å². The highest BCUT2D eigenvalue weighted by Gasteiger charge is 2.10. The van der Waals surface area contributed by atoms with E-state index in [4.69, 9.17) is 0 Å². The van der Waals surface area contributed by atoms with E-state index >= 15 is 0 Å². The Morgan fingerprint density at radius 1 is 1.27 bits per heavy atom. The molecule has 0 radical (unpaired) electrons. The molecule has 0 unspecified atom stereocenters. The van der Waals surface area contributed by atoms with Crippen LogP contribution in [0.4, 0.5) is 5.69 Å². The zero-order valence-corrected chi connectivity index (χ0v) is 12.1. The number of hydrogen-bond donors (Lipinski definition) is 0. The highest BCUT2D eigenvalue weighted by molar-refractivity contribution is 7.19. The molecular weight excluding hydrogens is 298 g/mol. The molecule has 6 heteroatoms. The number of para-hydroxylation sites is 1. The number of rotatable bonds is 3. The maximum atomic E-state index is 10.8. The van der Waals surface area contributed by atoms with E-state index in [0.29, 0.717) is 16.1 Å². The first-order valence-electron chi connectivity index (χ1n) is 6.39. The molecule has 0 bridgehead atoms. The van der Waals surface area contributed by atoms with E-state index in [1.807, 2.05) is 24.3 Å². The van der Waals surface area contributed by atoms with Gasteiger partial charge in [0.1, 0.15) is 11.1 Å². The molecule has 0 saturated carbocycles. The van der Waals surface area contributed by atoms with Gasteiger partial charge in [-0.15, -0.1) is 11.3 Å². The van der Waals surface area contributed by atoms with Gasteiger partial charge in [0.2, 0.25) is 0 Å². The summed E-state index contributed by atoms with van der Waals surface area (Å²) in [5.41, 5.74) is 1.82. The molecule has 0 aliphatic rings. The smallest absolute Gasteiger partial charge is 0.258 e. The van der Waals surface area contributed by atoms with Gasteiger partial charge in [-0.1, -0.05) is 24.3 Å². The summed E-state index contributed by atoms with van der Waals surface area (Å²) in [5.74, 6) is 0. The minimum absolute atomic E-state index is 0.00432. The lowest BCUT2D eigenvalue weighted by atomic mass is 10.1. The van der Waals surface area contributed by atoms with Crippen LogP contribution in [0.3, 0.4) is 0 Å². The van der Waals surface area contributed by atoms with E-state index < -0.39 is 4.92 Å². The van der Waals surface area contributed by atoms with Crippen LogP contribution in [0.1, 0.15) is 10.6 Å². The highest BCUT2D eigenvalue weighted by Crippen LogP contribution is 2.28. The van der Waals surface area contributed by atoms with Crippen molar-refractivity contribution in [2.75, 3.05) is 0 Å². The second-order valence-corrected chi connectivity index (χ2v) is 5.54. The Balaban J connectivity index is 2.05. The topological polar surface area (TPSA) is 79.8 Å². The van der Waals surface area contributed by atoms with Crippen LogP contribution in [-0.4, -0.2) is 9.91 Å². The maximum Gasteiger partial charge on any atom is 0.270 e. The molecule has 0 spiro atoms. The first kappa shape index (κ1) is 13.9. The summed E-state index contributed by atoms with van der Waals surface area (Å²) in [6.07, 6.45) is 1.62. The van der Waals surface area contributed by atoms with Gasteiger partial charge in [0.15, 0.2) is 0 Å². The lowest BCUT2D eigenvalue weighted by Crippen LogP contribution is -1.88. The Hall–Kier alpha value is -3.04. The normalized spacial score (nSPS) is 11.3. The molecule has 22 heavy (non-hydrogen) atoms. The number of aromatic nitrogens is 1. The summed E-state index contributed by atoms with van der Waals surface area (Å²) in [7, 11) is 0. The average Bonchev–Trinajstić information content (AvgIpc) is 2.96. The van der Waals surface area contributed by atoms with Crippen molar-refractivity contribution in [2.45, 2.75) is 0 Å². The zero-order chi connectivity index (χ0) is 15.5. The molecule has 3 aromatic rings. The number of nitro benzene ring substituents is 1. The quantitative estimate of drug-likeness (QED) is 0.411. The SMILES string of the molecule is N#C/C(=C\c1cccc([N+](=O)[O-])c1)c1nc2ccccc2s1. The molecule has 0 saturated heterocycles. The fourth-order valence-electron chi connectivity index (χ4n) is 2.02. The van der Waals surface area contributed by atoms with Crippen LogP contribution in [0.25, 0.3) is 21.9 Å². The molecule has 0 amide bonds. The predicted octanol–water partition coefficient (Wildman–Crippen LogP) is 4.27. The fourth-order valence-corrected chi connectivity index (χ4v) is 2.96. The summed E-state index contributed by atoms with van der Waals surface area (Å²) in [6.45, 7) is 0. The van der Waals surface area contributed by atoms with Crippen molar-refractivity contribution in [3.05, 3.63) is 69.2 Å². The molecule has 0 N–H and O–H groups in total. The van der Waals surface area contributed by atoms with Gasteiger partial charge in [-0.2, -0.15) is 5.26 Å². The maximum absolute atomic E-state index is 10.8. The van der Waals surface area contributed by atoms with Crippen molar-refractivity contribution in [2.24, 2.45) is 0 Å². The largest absolute Gasteiger partial charge is 0.270 e. The summed E-state index contributed by atoms with van der Waals surface area (Å²) in [6, 6.07) is 15.9. The van der Waals surface area contributed by atoms with Crippen LogP contribution in [0, 0.1) is 21.4 Å². The number of allylic oxidation sites excluding steroid dienone is 1. The van der Waals surface area contributed by atoms with Crippen LogP contribution < -0.4 is 0 Å². The minimum Gasteiger partial charge on any atom is -0.258 e. The van der Waals surface area contributed by atoms with Gasteiger partial charge in [-0.3, -0.25) is 10.1 Å². The molecule has 1 heterocycles. The minimum atomic E-state index is -0.457. The number of nitrogens with zero attached hydrogens (tertiary/aromatic N) is 3. The average molecular weight is 307 g/mol. The molecule has 0 atom stereocenters. The third kappa shape index (κ3) is 2.71. The molecule has 5 nitrogen and oxygen atoms in total. The Kier molecular flexibility index (Phi) is 3.64. The Labute approximate surface area is 129 Å². The first-order chi connectivity index (χ1) is 10.7. The molecule has 106 valence electrons. The van der Waals surface area contributed by atoms with E-state index in [0.717, 1.165) is 10.2 Å². The van der Waals surface area contributed by atoms with Gasteiger partial charge in [-0.05, 0) is 23.8 Å². The number of hydrogen-bond acceptors (Lipinski definition) is 5. The zero-order valence-electron chi connectivity index (χ0n) is 11.3. The second-order valence-electron chi connectivity index (χ2n) is 4.51. The Morgan fingerprint density at radius 3 is 2.82 bits per heavy atom. The summed E-state index contributed by atoms with van der Waals surface area (Å²) in [4.78, 5) is 14.8. The molecular formula is C16H9N3O2S. The number of nitro groups is 1. The molecule has 1 aromatic heterocycles. The van der Waals surface area contributed by atoms with Gasteiger partial charge >= 0.3 is 0 Å². The number of fused-ring (bicyclic) bond motifs is 1. The van der Waals surface area contributed by atoms with E-state index in [1.54, 1.807) is 18.2 Å². The monoisotopic (exact) mass is 307 g/mol. The third-order valence-corrected chi connectivity index (χ3v) is 4.11. The van der Waals surface area contributed by atoms with Crippen molar-refractivity contribution >= 4 is 38.9 Å². The Morgan fingerprint density at radius 2 is 2.09 bits per heavy atom. The Bertz CT molecular complexity index is 905. The second kappa shape index (κ2) is 5.76. The standard InChI is InChI=1S/C16H9N3O2S/c17-10-12(8-11-4-3-5-13(9-11)19(20)21)16-18-14-6-1-2-7-15(14)22-16/h1-9H/b12-8+. The van der Waals surface area contributed by atoms with Gasteiger partial charge in [-0.25, -0.2) is 4.98 Å². The number of nitriles is 1. The van der Waals surface area contributed by atoms with Crippen LogP contribution in [-0.2, 0) is 0 Å². The van der Waals surface area contributed by atoms with Crippen LogP contribution in [0.15, 0.2) is 48.5 Å². The van der Waals surface area contributed by atoms with Gasteiger partial charge in [0, 0.05) is 12.1 Å². The van der Waals surface area contributed by atoms with E-state index in [2.05, 4.69) is 11.1 Å². The summed E-state index contributed by atoms with van der Waals surface area (Å²) >= 11 is 1.42. The van der Waals surface area contributed by atoms with E-state index in [1.165, 1.54) is 23.5 Å². The van der Waals surface area contributed by atoms with Crippen molar-refractivity contribution in [1.82, 2.24) is 4.98 Å². The van der Waals surface area contributed by atoms with E-state index in [9.17, 15) is 15.4 Å². The highest BCUT2D eigenvalue weighted by atomic mass is 32.1. The summed E-state index contributed by atoms with van der Waals surface area (Å²) in [5, 5.41) is 20.8. The van der Waals surface area contributed by atoms with Gasteiger partial charge in [0.25, 0.3) is 5.69 Å². The molecule has 0 aliphatic heterocycles. The molecule has 0 fully saturated rings. The van der Waals surface area contributed by atoms with Crippen molar-refractivity contribution in [3.63, 3.8) is 0 Å². The van der Waals surface area contributed by atoms with Crippen molar-refractivity contribution in [3.8, 4) is 6.07 Å². The van der Waals surface area contributed by atoms with Gasteiger partial charge < -0.3 is 0 Å². The predicted molar refractivity (Wildman–Crippen MR) is 86.2 cm³/mol. The van der Waals surface area contributed by atoms with Crippen molar-refractivity contribution in [1.29, 1.82) is 5.26 Å². The van der Waals surface area contributed by atoms with Crippen molar-refractivity contribution < 1.29 is 4.92 Å². The lowest BCUT2D eigenvalue weighted by Gasteiger charge is -1.96. The fraction of sp³-hybridized carbons (Fsp3) is 0. The molecule has 3 rings (SSSR count). The van der Waals surface area contributed by atoms with E-state index in [-0.39, 0.29) is 5.69 Å². The molecule has 2 aromatic carbocycles. The van der Waals surface area contributed by atoms with Gasteiger partial charge in [0.05, 0.1) is 20.7 Å². The number of thiazole rings is 1. The first-order valence-corrected chi connectivity index (χ1v) is 7.21. The molecule has 0 aliphatic carbocycles. The summed E-state index contributed by atoms with van der Waals surface area (Å²) < 4.78 is 0.998. The number of benzene rings is 2. The lowest BCUT2D eigenvalue weighted by molar-refractivity contribution is -0.384.